The minimum Gasteiger partial charge on any atom is -0.303 e. The second kappa shape index (κ2) is 6.57. The molecule has 1 aromatic rings. The van der Waals surface area contributed by atoms with Crippen molar-refractivity contribution in [2.24, 2.45) is 0 Å². The van der Waals surface area contributed by atoms with Gasteiger partial charge in [0, 0.05) is 18.2 Å². The van der Waals surface area contributed by atoms with Crippen molar-refractivity contribution in [2.75, 3.05) is 19.6 Å². The molecule has 1 saturated heterocycles. The molecule has 2 rings (SSSR count). The molecular weight excluding hydrogens is 265 g/mol. The largest absolute Gasteiger partial charge is 0.433 e. The van der Waals surface area contributed by atoms with Crippen molar-refractivity contribution in [2.45, 2.75) is 44.7 Å². The van der Waals surface area contributed by atoms with Crippen molar-refractivity contribution in [1.29, 1.82) is 0 Å². The molecule has 1 aromatic heterocycles. The van der Waals surface area contributed by atoms with E-state index >= 15 is 0 Å². The molecule has 0 radical (unpaired) electrons. The van der Waals surface area contributed by atoms with Gasteiger partial charge in [0.05, 0.1) is 0 Å². The van der Waals surface area contributed by atoms with Gasteiger partial charge in [-0.25, -0.2) is 4.98 Å². The maximum atomic E-state index is 12.7. The van der Waals surface area contributed by atoms with Gasteiger partial charge in [-0.1, -0.05) is 25.8 Å². The van der Waals surface area contributed by atoms with E-state index in [2.05, 4.69) is 16.8 Å². The fourth-order valence-electron chi connectivity index (χ4n) is 2.70. The smallest absolute Gasteiger partial charge is 0.303 e. The first-order valence-electron chi connectivity index (χ1n) is 7.27. The van der Waals surface area contributed by atoms with E-state index in [4.69, 9.17) is 0 Å². The zero-order chi connectivity index (χ0) is 14.6. The Morgan fingerprint density at radius 2 is 2.10 bits per heavy atom. The van der Waals surface area contributed by atoms with Crippen molar-refractivity contribution in [1.82, 2.24) is 9.88 Å². The number of aromatic nitrogens is 1. The topological polar surface area (TPSA) is 16.1 Å². The summed E-state index contributed by atoms with van der Waals surface area (Å²) < 4.78 is 38.0. The Balaban J connectivity index is 1.96. The second-order valence-electron chi connectivity index (χ2n) is 5.44. The zero-order valence-corrected chi connectivity index (χ0v) is 11.8. The Bertz CT molecular complexity index is 431. The lowest BCUT2D eigenvalue weighted by Crippen LogP contribution is -2.22. The third-order valence-electron chi connectivity index (χ3n) is 3.83. The van der Waals surface area contributed by atoms with Gasteiger partial charge in [-0.05, 0) is 38.1 Å². The Morgan fingerprint density at radius 1 is 1.30 bits per heavy atom. The van der Waals surface area contributed by atoms with Crippen molar-refractivity contribution in [3.05, 3.63) is 29.6 Å². The molecule has 2 nitrogen and oxygen atoms in total. The van der Waals surface area contributed by atoms with Crippen molar-refractivity contribution < 1.29 is 13.2 Å². The fraction of sp³-hybridized carbons (Fsp3) is 0.667. The molecule has 0 N–H and O–H groups in total. The summed E-state index contributed by atoms with van der Waals surface area (Å²) in [6.07, 6.45) is 0.116. The lowest BCUT2D eigenvalue weighted by Gasteiger charge is -2.16. The molecule has 0 spiro atoms. The molecule has 0 saturated carbocycles. The first kappa shape index (κ1) is 15.3. The van der Waals surface area contributed by atoms with Gasteiger partial charge in [-0.15, -0.1) is 0 Å². The minimum atomic E-state index is -4.35. The van der Waals surface area contributed by atoms with Crippen LogP contribution in [0.4, 0.5) is 13.2 Å². The van der Waals surface area contributed by atoms with Crippen molar-refractivity contribution in [3.63, 3.8) is 0 Å². The SMILES string of the molecule is CCCCCN1CCC(c2cccc(C(F)(F)F)n2)C1. The highest BCUT2D eigenvalue weighted by Gasteiger charge is 2.33. The molecule has 1 fully saturated rings. The van der Waals surface area contributed by atoms with Crippen LogP contribution >= 0.6 is 0 Å². The number of hydrogen-bond acceptors (Lipinski definition) is 2. The molecular formula is C15H21F3N2. The van der Waals surface area contributed by atoms with Crippen molar-refractivity contribution >= 4 is 0 Å². The number of unbranched alkanes of at least 4 members (excludes halogenated alkanes) is 2. The predicted molar refractivity (Wildman–Crippen MR) is 72.6 cm³/mol. The number of alkyl halides is 3. The van der Waals surface area contributed by atoms with Crippen LogP contribution in [-0.2, 0) is 6.18 Å². The highest BCUT2D eigenvalue weighted by molar-refractivity contribution is 5.18. The van der Waals surface area contributed by atoms with Gasteiger partial charge in [0.25, 0.3) is 0 Å². The van der Waals surface area contributed by atoms with Crippen molar-refractivity contribution in [3.8, 4) is 0 Å². The molecule has 1 aliphatic rings. The number of hydrogen-bond donors (Lipinski definition) is 0. The molecule has 2 heterocycles. The van der Waals surface area contributed by atoms with Gasteiger partial charge in [0.15, 0.2) is 0 Å². The molecule has 5 heteroatoms. The molecule has 1 atom stereocenters. The quantitative estimate of drug-likeness (QED) is 0.758. The second-order valence-corrected chi connectivity index (χ2v) is 5.44. The van der Waals surface area contributed by atoms with Crippen LogP contribution in [0.5, 0.6) is 0 Å². The first-order valence-corrected chi connectivity index (χ1v) is 7.27. The summed E-state index contributed by atoms with van der Waals surface area (Å²) in [5.74, 6) is 0.138. The number of pyridine rings is 1. The minimum absolute atomic E-state index is 0.138. The highest BCUT2D eigenvalue weighted by atomic mass is 19.4. The van der Waals surface area contributed by atoms with E-state index in [1.807, 2.05) is 0 Å². The van der Waals surface area contributed by atoms with Gasteiger partial charge in [0.2, 0.25) is 0 Å². The van der Waals surface area contributed by atoms with Crippen LogP contribution in [0.3, 0.4) is 0 Å². The monoisotopic (exact) mass is 286 g/mol. The first-order chi connectivity index (χ1) is 9.50. The van der Waals surface area contributed by atoms with Crippen LogP contribution < -0.4 is 0 Å². The molecule has 0 aliphatic carbocycles. The van der Waals surface area contributed by atoms with E-state index in [0.29, 0.717) is 5.69 Å². The fourth-order valence-corrected chi connectivity index (χ4v) is 2.70. The standard InChI is InChI=1S/C15H21F3N2/c1-2-3-4-9-20-10-8-12(11-20)13-6-5-7-14(19-13)15(16,17)18/h5-7,12H,2-4,8-11H2,1H3. The normalized spacial score (nSPS) is 20.5. The van der Waals surface area contributed by atoms with Gasteiger partial charge in [-0.2, -0.15) is 13.2 Å². The summed E-state index contributed by atoms with van der Waals surface area (Å²) >= 11 is 0. The van der Waals surface area contributed by atoms with E-state index in [0.717, 1.165) is 32.1 Å². The van der Waals surface area contributed by atoms with Crippen LogP contribution in [0.1, 0.15) is 49.9 Å². The zero-order valence-electron chi connectivity index (χ0n) is 11.8. The third kappa shape index (κ3) is 3.95. The number of likely N-dealkylation sites (tertiary alicyclic amines) is 1. The maximum Gasteiger partial charge on any atom is 0.433 e. The van der Waals surface area contributed by atoms with E-state index in [1.54, 1.807) is 6.07 Å². The van der Waals surface area contributed by atoms with Gasteiger partial charge in [-0.3, -0.25) is 0 Å². The Labute approximate surface area is 118 Å². The predicted octanol–water partition coefficient (Wildman–Crippen LogP) is 4.08. The molecule has 20 heavy (non-hydrogen) atoms. The van der Waals surface area contributed by atoms with E-state index < -0.39 is 11.9 Å². The maximum absolute atomic E-state index is 12.7. The van der Waals surface area contributed by atoms with Crippen LogP contribution in [-0.4, -0.2) is 29.5 Å². The molecule has 1 unspecified atom stereocenters. The average Bonchev–Trinajstić information content (AvgIpc) is 2.87. The molecule has 0 amide bonds. The van der Waals surface area contributed by atoms with E-state index in [-0.39, 0.29) is 5.92 Å². The summed E-state index contributed by atoms with van der Waals surface area (Å²) in [4.78, 5) is 6.14. The van der Waals surface area contributed by atoms with Gasteiger partial charge >= 0.3 is 6.18 Å². The molecule has 0 aromatic carbocycles. The Hall–Kier alpha value is -1.10. The Morgan fingerprint density at radius 3 is 2.80 bits per heavy atom. The lowest BCUT2D eigenvalue weighted by molar-refractivity contribution is -0.141. The van der Waals surface area contributed by atoms with Gasteiger partial charge < -0.3 is 4.90 Å². The summed E-state index contributed by atoms with van der Waals surface area (Å²) in [7, 11) is 0. The van der Waals surface area contributed by atoms with E-state index in [1.165, 1.54) is 25.3 Å². The van der Waals surface area contributed by atoms with Crippen LogP contribution in [0.2, 0.25) is 0 Å². The summed E-state index contributed by atoms with van der Waals surface area (Å²) in [5, 5.41) is 0. The third-order valence-corrected chi connectivity index (χ3v) is 3.83. The summed E-state index contributed by atoms with van der Waals surface area (Å²) in [5.41, 5.74) is -0.197. The van der Waals surface area contributed by atoms with Crippen LogP contribution in [0, 0.1) is 0 Å². The highest BCUT2D eigenvalue weighted by Crippen LogP contribution is 2.31. The van der Waals surface area contributed by atoms with Gasteiger partial charge in [0.1, 0.15) is 5.69 Å². The van der Waals surface area contributed by atoms with Crippen LogP contribution in [0.25, 0.3) is 0 Å². The number of rotatable bonds is 5. The summed E-state index contributed by atoms with van der Waals surface area (Å²) in [6.45, 7) is 5.01. The summed E-state index contributed by atoms with van der Waals surface area (Å²) in [6, 6.07) is 4.22. The number of nitrogens with zero attached hydrogens (tertiary/aromatic N) is 2. The average molecular weight is 286 g/mol. The Kier molecular flexibility index (Phi) is 5.02. The molecule has 0 bridgehead atoms. The molecule has 1 aliphatic heterocycles. The van der Waals surface area contributed by atoms with E-state index in [9.17, 15) is 13.2 Å². The molecule has 112 valence electrons. The lowest BCUT2D eigenvalue weighted by atomic mass is 10.0. The van der Waals surface area contributed by atoms with Crippen LogP contribution in [0.15, 0.2) is 18.2 Å². The number of halogens is 3.